The Morgan fingerprint density at radius 1 is 1.31 bits per heavy atom. The van der Waals surface area contributed by atoms with Crippen molar-refractivity contribution >= 4 is 17.4 Å². The fourth-order valence-electron chi connectivity index (χ4n) is 3.65. The smallest absolute Gasteiger partial charge is 0.198 e. The lowest BCUT2D eigenvalue weighted by Gasteiger charge is -2.33. The van der Waals surface area contributed by atoms with Crippen LogP contribution in [-0.2, 0) is 29.9 Å². The van der Waals surface area contributed by atoms with Crippen LogP contribution < -0.4 is 5.32 Å². The Labute approximate surface area is 172 Å². The first-order valence-electron chi connectivity index (χ1n) is 9.20. The van der Waals surface area contributed by atoms with Crippen molar-refractivity contribution in [1.29, 1.82) is 10.5 Å². The second-order valence-electron chi connectivity index (χ2n) is 7.18. The average molecular weight is 413 g/mol. The lowest BCUT2D eigenvalue weighted by atomic mass is 9.96. The number of halogens is 2. The molecule has 0 atom stereocenters. The molecule has 0 saturated carbocycles. The Morgan fingerprint density at radius 3 is 2.76 bits per heavy atom. The van der Waals surface area contributed by atoms with Gasteiger partial charge in [-0.3, -0.25) is 9.88 Å². The summed E-state index contributed by atoms with van der Waals surface area (Å²) in [6.45, 7) is 2.13. The third-order valence-corrected chi connectivity index (χ3v) is 5.50. The van der Waals surface area contributed by atoms with Crippen LogP contribution >= 0.6 is 11.6 Å². The van der Waals surface area contributed by atoms with Crippen molar-refractivity contribution in [2.75, 3.05) is 31.6 Å². The minimum atomic E-state index is -1.47. The van der Waals surface area contributed by atoms with Crippen molar-refractivity contribution in [3.8, 4) is 12.1 Å². The summed E-state index contributed by atoms with van der Waals surface area (Å²) in [7, 11) is 0. The fourth-order valence-corrected chi connectivity index (χ4v) is 3.89. The summed E-state index contributed by atoms with van der Waals surface area (Å²) >= 11 is 6.16. The van der Waals surface area contributed by atoms with Crippen molar-refractivity contribution in [2.45, 2.75) is 25.2 Å². The number of nitriles is 2. The van der Waals surface area contributed by atoms with Gasteiger partial charge in [-0.2, -0.15) is 10.5 Å². The van der Waals surface area contributed by atoms with Crippen LogP contribution in [0.5, 0.6) is 0 Å². The van der Waals surface area contributed by atoms with Crippen molar-refractivity contribution < 1.29 is 9.13 Å². The normalized spacial score (nSPS) is 17.5. The largest absolute Gasteiger partial charge is 0.374 e. The molecule has 1 saturated heterocycles. The van der Waals surface area contributed by atoms with Gasteiger partial charge in [0.15, 0.2) is 5.67 Å². The second-order valence-corrected chi connectivity index (χ2v) is 7.54. The number of pyridine rings is 2. The Hall–Kier alpha value is -2.78. The quantitative estimate of drug-likeness (QED) is 0.595. The van der Waals surface area contributed by atoms with Gasteiger partial charge in [0, 0.05) is 31.4 Å². The van der Waals surface area contributed by atoms with E-state index in [-0.39, 0.29) is 24.9 Å². The number of anilines is 1. The van der Waals surface area contributed by atoms with E-state index in [0.717, 1.165) is 23.2 Å². The van der Waals surface area contributed by atoms with Crippen LogP contribution in [0.25, 0.3) is 0 Å². The van der Waals surface area contributed by atoms with Gasteiger partial charge in [0.25, 0.3) is 0 Å². The first-order chi connectivity index (χ1) is 14.0. The van der Waals surface area contributed by atoms with Gasteiger partial charge in [0.2, 0.25) is 0 Å². The van der Waals surface area contributed by atoms with Gasteiger partial charge in [-0.15, -0.1) is 0 Å². The SMILES string of the molecule is N#CCNc1nc(Cl)c(C#N)c2c1CN(Cc1ccc(C3(F)COC3)nc1)CC2. The maximum atomic E-state index is 14.4. The third-order valence-electron chi connectivity index (χ3n) is 5.23. The van der Waals surface area contributed by atoms with E-state index < -0.39 is 5.67 Å². The van der Waals surface area contributed by atoms with E-state index in [2.05, 4.69) is 26.3 Å². The second kappa shape index (κ2) is 7.92. The summed E-state index contributed by atoms with van der Waals surface area (Å²) in [4.78, 5) is 10.8. The van der Waals surface area contributed by atoms with Crippen LogP contribution in [0.4, 0.5) is 10.2 Å². The predicted molar refractivity (Wildman–Crippen MR) is 104 cm³/mol. The van der Waals surface area contributed by atoms with Crippen LogP contribution in [-0.4, -0.2) is 41.2 Å². The molecule has 148 valence electrons. The van der Waals surface area contributed by atoms with Crippen LogP contribution in [0.15, 0.2) is 18.3 Å². The molecule has 4 heterocycles. The zero-order chi connectivity index (χ0) is 20.4. The van der Waals surface area contributed by atoms with Crippen molar-refractivity contribution in [1.82, 2.24) is 14.9 Å². The highest BCUT2D eigenvalue weighted by atomic mass is 35.5. The van der Waals surface area contributed by atoms with Crippen molar-refractivity contribution in [3.63, 3.8) is 0 Å². The monoisotopic (exact) mass is 412 g/mol. The van der Waals surface area contributed by atoms with Crippen LogP contribution in [0.2, 0.25) is 5.15 Å². The highest BCUT2D eigenvalue weighted by Crippen LogP contribution is 2.34. The number of rotatable bonds is 5. The minimum absolute atomic E-state index is 0.0531. The molecule has 29 heavy (non-hydrogen) atoms. The lowest BCUT2D eigenvalue weighted by molar-refractivity contribution is -0.137. The molecule has 0 unspecified atom stereocenters. The molecule has 9 heteroatoms. The number of nitrogens with one attached hydrogen (secondary N) is 1. The summed E-state index contributed by atoms with van der Waals surface area (Å²) < 4.78 is 19.3. The number of alkyl halides is 1. The number of hydrogen-bond donors (Lipinski definition) is 1. The van der Waals surface area contributed by atoms with Crippen LogP contribution in [0, 0.1) is 22.7 Å². The molecular weight excluding hydrogens is 395 g/mol. The molecule has 1 N–H and O–H groups in total. The van der Waals surface area contributed by atoms with E-state index in [1.807, 2.05) is 12.1 Å². The molecule has 2 aliphatic heterocycles. The molecule has 0 spiro atoms. The van der Waals surface area contributed by atoms with E-state index in [1.165, 1.54) is 0 Å². The topological polar surface area (TPSA) is 97.9 Å². The maximum Gasteiger partial charge on any atom is 0.198 e. The Balaban J connectivity index is 1.53. The molecule has 2 aromatic heterocycles. The molecule has 0 amide bonds. The summed E-state index contributed by atoms with van der Waals surface area (Å²) in [5, 5.41) is 21.5. The molecule has 2 aliphatic rings. The molecular formula is C20H18ClFN6O. The number of ether oxygens (including phenoxy) is 1. The number of nitrogens with zero attached hydrogens (tertiary/aromatic N) is 5. The standard InChI is InChI=1S/C20H18ClFN6O/c21-18-15(7-24)14-3-6-28(10-16(14)19(27-18)25-5-4-23)9-13-1-2-17(26-8-13)20(22)11-29-12-20/h1-2,8H,3,5-6,9-12H2,(H,25,27). The molecule has 4 rings (SSSR count). The highest BCUT2D eigenvalue weighted by molar-refractivity contribution is 6.30. The van der Waals surface area contributed by atoms with E-state index in [4.69, 9.17) is 21.6 Å². The summed E-state index contributed by atoms with van der Waals surface area (Å²) in [6.07, 6.45) is 2.35. The van der Waals surface area contributed by atoms with Gasteiger partial charge in [-0.25, -0.2) is 9.37 Å². The number of fused-ring (bicyclic) bond motifs is 1. The Bertz CT molecular complexity index is 1010. The first kappa shape index (κ1) is 19.5. The predicted octanol–water partition coefficient (Wildman–Crippen LogP) is 2.69. The van der Waals surface area contributed by atoms with Gasteiger partial charge < -0.3 is 10.1 Å². The number of aromatic nitrogens is 2. The molecule has 0 aliphatic carbocycles. The summed E-state index contributed by atoms with van der Waals surface area (Å²) in [5.41, 5.74) is 2.05. The Morgan fingerprint density at radius 2 is 2.14 bits per heavy atom. The average Bonchev–Trinajstić information content (AvgIpc) is 2.71. The van der Waals surface area contributed by atoms with Gasteiger partial charge in [0.1, 0.15) is 23.6 Å². The Kier molecular flexibility index (Phi) is 5.33. The molecule has 1 fully saturated rings. The van der Waals surface area contributed by atoms with E-state index in [9.17, 15) is 9.65 Å². The van der Waals surface area contributed by atoms with E-state index >= 15 is 0 Å². The zero-order valence-electron chi connectivity index (χ0n) is 15.6. The highest BCUT2D eigenvalue weighted by Gasteiger charge is 2.42. The summed E-state index contributed by atoms with van der Waals surface area (Å²) in [5.74, 6) is 0.535. The maximum absolute atomic E-state index is 14.4. The number of hydrogen-bond acceptors (Lipinski definition) is 7. The van der Waals surface area contributed by atoms with Crippen LogP contribution in [0.1, 0.15) is 27.9 Å². The minimum Gasteiger partial charge on any atom is -0.374 e. The molecule has 0 bridgehead atoms. The molecule has 0 radical (unpaired) electrons. The van der Waals surface area contributed by atoms with Crippen LogP contribution in [0.3, 0.4) is 0 Å². The first-order valence-corrected chi connectivity index (χ1v) is 9.58. The third kappa shape index (κ3) is 3.75. The van der Waals surface area contributed by atoms with Gasteiger partial charge in [-0.1, -0.05) is 17.7 Å². The summed E-state index contributed by atoms with van der Waals surface area (Å²) in [6, 6.07) is 7.76. The fraction of sp³-hybridized carbons (Fsp3) is 0.400. The lowest BCUT2D eigenvalue weighted by Crippen LogP contribution is -2.43. The molecule has 0 aromatic carbocycles. The van der Waals surface area contributed by atoms with Gasteiger partial charge >= 0.3 is 0 Å². The molecule has 7 nitrogen and oxygen atoms in total. The van der Waals surface area contributed by atoms with Gasteiger partial charge in [0.05, 0.1) is 30.5 Å². The van der Waals surface area contributed by atoms with E-state index in [0.29, 0.717) is 36.6 Å². The van der Waals surface area contributed by atoms with Crippen molar-refractivity contribution in [3.05, 3.63) is 51.4 Å². The van der Waals surface area contributed by atoms with Gasteiger partial charge in [-0.05, 0) is 23.6 Å². The zero-order valence-corrected chi connectivity index (χ0v) is 16.3. The molecule has 2 aromatic rings. The van der Waals surface area contributed by atoms with Crippen molar-refractivity contribution in [2.24, 2.45) is 0 Å². The van der Waals surface area contributed by atoms with E-state index in [1.54, 1.807) is 12.3 Å².